The van der Waals surface area contributed by atoms with E-state index in [1.165, 1.54) is 0 Å². The van der Waals surface area contributed by atoms with Crippen LogP contribution >= 0.6 is 15.9 Å². The molecule has 1 aromatic heterocycles. The standard InChI is InChI=1S/C13H20BrN3O/c1-15(2)11-4-6-17(7-5-11)13(18)12-8-10(14)9-16(12)3/h8-9,11H,4-7H2,1-3H3. The maximum atomic E-state index is 12.4. The van der Waals surface area contributed by atoms with Crippen molar-refractivity contribution in [2.24, 2.45) is 7.05 Å². The Morgan fingerprint density at radius 3 is 2.44 bits per heavy atom. The van der Waals surface area contributed by atoms with Crippen LogP contribution in [0.4, 0.5) is 0 Å². The molecule has 0 bridgehead atoms. The van der Waals surface area contributed by atoms with Crippen LogP contribution < -0.4 is 0 Å². The van der Waals surface area contributed by atoms with Crippen molar-refractivity contribution in [3.63, 3.8) is 0 Å². The van der Waals surface area contributed by atoms with Crippen LogP contribution in [-0.2, 0) is 7.05 Å². The van der Waals surface area contributed by atoms with Crippen LogP contribution in [-0.4, -0.2) is 53.5 Å². The fourth-order valence-corrected chi connectivity index (χ4v) is 3.01. The largest absolute Gasteiger partial charge is 0.345 e. The molecule has 2 rings (SSSR count). The maximum absolute atomic E-state index is 12.4. The Labute approximate surface area is 117 Å². The average Bonchev–Trinajstić information content (AvgIpc) is 2.67. The van der Waals surface area contributed by atoms with Crippen molar-refractivity contribution >= 4 is 21.8 Å². The summed E-state index contributed by atoms with van der Waals surface area (Å²) in [5.41, 5.74) is 0.755. The van der Waals surface area contributed by atoms with E-state index in [-0.39, 0.29) is 5.91 Å². The van der Waals surface area contributed by atoms with E-state index in [0.29, 0.717) is 6.04 Å². The van der Waals surface area contributed by atoms with Gasteiger partial charge in [0.1, 0.15) is 5.69 Å². The molecule has 0 unspecified atom stereocenters. The van der Waals surface area contributed by atoms with E-state index in [9.17, 15) is 4.79 Å². The summed E-state index contributed by atoms with van der Waals surface area (Å²) in [6.07, 6.45) is 4.04. The quantitative estimate of drug-likeness (QED) is 0.835. The minimum atomic E-state index is 0.139. The van der Waals surface area contributed by atoms with Gasteiger partial charge in [-0.2, -0.15) is 0 Å². The number of piperidine rings is 1. The maximum Gasteiger partial charge on any atom is 0.270 e. The Bertz CT molecular complexity index is 433. The predicted octanol–water partition coefficient (Wildman–Crippen LogP) is 1.95. The molecule has 5 heteroatoms. The zero-order valence-corrected chi connectivity index (χ0v) is 12.8. The number of amides is 1. The van der Waals surface area contributed by atoms with E-state index in [0.717, 1.165) is 36.1 Å². The third-order valence-corrected chi connectivity index (χ3v) is 4.11. The topological polar surface area (TPSA) is 28.5 Å². The first-order valence-electron chi connectivity index (χ1n) is 6.26. The molecule has 1 fully saturated rings. The lowest BCUT2D eigenvalue weighted by molar-refractivity contribution is 0.0654. The molecule has 1 aromatic rings. The smallest absolute Gasteiger partial charge is 0.270 e. The molecule has 4 nitrogen and oxygen atoms in total. The number of hydrogen-bond donors (Lipinski definition) is 0. The normalized spacial score (nSPS) is 17.5. The lowest BCUT2D eigenvalue weighted by atomic mass is 10.0. The van der Waals surface area contributed by atoms with E-state index in [1.807, 2.05) is 28.8 Å². The highest BCUT2D eigenvalue weighted by Gasteiger charge is 2.25. The third kappa shape index (κ3) is 2.78. The number of rotatable bonds is 2. The summed E-state index contributed by atoms with van der Waals surface area (Å²) >= 11 is 3.41. The Hall–Kier alpha value is -0.810. The second-order valence-corrected chi connectivity index (χ2v) is 6.06. The van der Waals surface area contributed by atoms with Gasteiger partial charge in [-0.1, -0.05) is 0 Å². The number of nitrogens with zero attached hydrogens (tertiary/aromatic N) is 3. The van der Waals surface area contributed by atoms with Gasteiger partial charge < -0.3 is 14.4 Å². The van der Waals surface area contributed by atoms with Gasteiger partial charge in [-0.3, -0.25) is 4.79 Å². The molecule has 0 radical (unpaired) electrons. The summed E-state index contributed by atoms with van der Waals surface area (Å²) in [5, 5.41) is 0. The summed E-state index contributed by atoms with van der Waals surface area (Å²) in [5.74, 6) is 0.139. The Morgan fingerprint density at radius 1 is 1.39 bits per heavy atom. The van der Waals surface area contributed by atoms with Crippen molar-refractivity contribution in [2.75, 3.05) is 27.2 Å². The highest BCUT2D eigenvalue weighted by Crippen LogP contribution is 2.19. The van der Waals surface area contributed by atoms with E-state index in [1.54, 1.807) is 0 Å². The minimum absolute atomic E-state index is 0.139. The van der Waals surface area contributed by atoms with Crippen LogP contribution in [0.5, 0.6) is 0 Å². The SMILES string of the molecule is CN(C)C1CCN(C(=O)c2cc(Br)cn2C)CC1. The monoisotopic (exact) mass is 313 g/mol. The van der Waals surface area contributed by atoms with Gasteiger partial charge in [-0.25, -0.2) is 0 Å². The zero-order chi connectivity index (χ0) is 13.3. The molecule has 0 saturated carbocycles. The molecule has 100 valence electrons. The first-order chi connectivity index (χ1) is 8.49. The molecule has 1 amide bonds. The number of aromatic nitrogens is 1. The second-order valence-electron chi connectivity index (χ2n) is 5.14. The molecule has 0 atom stereocenters. The molecule has 0 aromatic carbocycles. The molecule has 0 spiro atoms. The fraction of sp³-hybridized carbons (Fsp3) is 0.615. The van der Waals surface area contributed by atoms with Crippen molar-refractivity contribution < 1.29 is 4.79 Å². The van der Waals surface area contributed by atoms with Crippen molar-refractivity contribution in [1.29, 1.82) is 0 Å². The molecular formula is C13H20BrN3O. The van der Waals surface area contributed by atoms with Gasteiger partial charge in [0.2, 0.25) is 0 Å². The summed E-state index contributed by atoms with van der Waals surface area (Å²) in [6.45, 7) is 1.70. The number of halogens is 1. The van der Waals surface area contributed by atoms with Crippen LogP contribution in [0.1, 0.15) is 23.3 Å². The van der Waals surface area contributed by atoms with Crippen molar-refractivity contribution in [1.82, 2.24) is 14.4 Å². The minimum Gasteiger partial charge on any atom is -0.345 e. The van der Waals surface area contributed by atoms with Crippen molar-refractivity contribution in [3.05, 3.63) is 22.4 Å². The summed E-state index contributed by atoms with van der Waals surface area (Å²) in [7, 11) is 6.12. The van der Waals surface area contributed by atoms with Gasteiger partial charge >= 0.3 is 0 Å². The summed E-state index contributed by atoms with van der Waals surface area (Å²) in [4.78, 5) is 16.6. The fourth-order valence-electron chi connectivity index (χ4n) is 2.48. The molecule has 0 N–H and O–H groups in total. The highest BCUT2D eigenvalue weighted by atomic mass is 79.9. The zero-order valence-electron chi connectivity index (χ0n) is 11.2. The van der Waals surface area contributed by atoms with Crippen LogP contribution in [0, 0.1) is 0 Å². The van der Waals surface area contributed by atoms with Crippen LogP contribution in [0.25, 0.3) is 0 Å². The molecule has 2 heterocycles. The van der Waals surface area contributed by atoms with E-state index in [4.69, 9.17) is 0 Å². The molecule has 18 heavy (non-hydrogen) atoms. The van der Waals surface area contributed by atoms with Crippen LogP contribution in [0.15, 0.2) is 16.7 Å². The average molecular weight is 314 g/mol. The summed E-state index contributed by atoms with van der Waals surface area (Å²) in [6, 6.07) is 2.49. The molecular weight excluding hydrogens is 294 g/mol. The molecule has 1 aliphatic rings. The summed E-state index contributed by atoms with van der Waals surface area (Å²) < 4.78 is 2.83. The van der Waals surface area contributed by atoms with E-state index < -0.39 is 0 Å². The first kappa shape index (κ1) is 13.6. The molecule has 1 aliphatic heterocycles. The number of carbonyl (C=O) groups is 1. The Kier molecular flexibility index (Phi) is 4.12. The molecule has 1 saturated heterocycles. The highest BCUT2D eigenvalue weighted by molar-refractivity contribution is 9.10. The third-order valence-electron chi connectivity index (χ3n) is 3.67. The lowest BCUT2D eigenvalue weighted by Gasteiger charge is -2.35. The first-order valence-corrected chi connectivity index (χ1v) is 7.06. The van der Waals surface area contributed by atoms with Gasteiger partial charge in [0.15, 0.2) is 0 Å². The number of likely N-dealkylation sites (tertiary alicyclic amines) is 1. The van der Waals surface area contributed by atoms with Crippen molar-refractivity contribution in [3.8, 4) is 0 Å². The second kappa shape index (κ2) is 5.45. The van der Waals surface area contributed by atoms with Gasteiger partial charge in [-0.15, -0.1) is 0 Å². The van der Waals surface area contributed by atoms with Crippen molar-refractivity contribution in [2.45, 2.75) is 18.9 Å². The Morgan fingerprint density at radius 2 is 2.00 bits per heavy atom. The van der Waals surface area contributed by atoms with Crippen LogP contribution in [0.3, 0.4) is 0 Å². The van der Waals surface area contributed by atoms with E-state index in [2.05, 4.69) is 34.9 Å². The van der Waals surface area contributed by atoms with Crippen LogP contribution in [0.2, 0.25) is 0 Å². The number of carbonyl (C=O) groups excluding carboxylic acids is 1. The molecule has 0 aliphatic carbocycles. The van der Waals surface area contributed by atoms with Gasteiger partial charge in [-0.05, 0) is 48.9 Å². The van der Waals surface area contributed by atoms with Gasteiger partial charge in [0, 0.05) is 36.8 Å². The number of hydrogen-bond acceptors (Lipinski definition) is 2. The predicted molar refractivity (Wildman–Crippen MR) is 75.7 cm³/mol. The lowest BCUT2D eigenvalue weighted by Crippen LogP contribution is -2.44. The van der Waals surface area contributed by atoms with Gasteiger partial charge in [0.25, 0.3) is 5.91 Å². The Balaban J connectivity index is 2.02. The van der Waals surface area contributed by atoms with Gasteiger partial charge in [0.05, 0.1) is 0 Å². The van der Waals surface area contributed by atoms with E-state index >= 15 is 0 Å². The number of aryl methyl sites for hydroxylation is 1.